The summed E-state index contributed by atoms with van der Waals surface area (Å²) >= 11 is 0. The number of fused-ring (bicyclic) bond motifs is 1. The van der Waals surface area contributed by atoms with Gasteiger partial charge in [0.2, 0.25) is 5.91 Å². The van der Waals surface area contributed by atoms with Gasteiger partial charge >= 0.3 is 0 Å². The van der Waals surface area contributed by atoms with Crippen LogP contribution in [0.1, 0.15) is 36.8 Å². The van der Waals surface area contributed by atoms with Crippen LogP contribution in [-0.2, 0) is 11.2 Å². The Labute approximate surface area is 178 Å². The molecule has 2 aromatic carbocycles. The van der Waals surface area contributed by atoms with Gasteiger partial charge in [-0.25, -0.2) is 0 Å². The molecule has 1 atom stereocenters. The molecule has 0 saturated carbocycles. The predicted octanol–water partition coefficient (Wildman–Crippen LogP) is 4.42. The van der Waals surface area contributed by atoms with E-state index in [1.807, 2.05) is 31.2 Å². The molecule has 0 saturated heterocycles. The van der Waals surface area contributed by atoms with Crippen LogP contribution in [-0.4, -0.2) is 51.4 Å². The summed E-state index contributed by atoms with van der Waals surface area (Å²) < 4.78 is 10.8. The summed E-state index contributed by atoms with van der Waals surface area (Å²) in [6, 6.07) is 12.0. The Hall–Kier alpha value is -2.86. The van der Waals surface area contributed by atoms with Gasteiger partial charge in [-0.15, -0.1) is 0 Å². The van der Waals surface area contributed by atoms with E-state index in [0.29, 0.717) is 17.9 Å². The second-order valence-electron chi connectivity index (χ2n) is 7.75. The number of nitrogens with one attached hydrogen (secondary N) is 1. The van der Waals surface area contributed by atoms with Gasteiger partial charge in [0, 0.05) is 17.5 Å². The highest BCUT2D eigenvalue weighted by molar-refractivity contribution is 6.19. The molecule has 0 radical (unpaired) electrons. The van der Waals surface area contributed by atoms with Crippen LogP contribution in [0.5, 0.6) is 11.5 Å². The molecule has 0 bridgehead atoms. The third kappa shape index (κ3) is 4.82. The molecule has 3 rings (SSSR count). The molecule has 0 spiro atoms. The molecule has 0 aliphatic carbocycles. The van der Waals surface area contributed by atoms with E-state index in [1.54, 1.807) is 14.2 Å². The van der Waals surface area contributed by atoms with Crippen LogP contribution in [0.25, 0.3) is 0 Å². The highest BCUT2D eigenvalue weighted by Crippen LogP contribution is 2.42. The molecule has 0 fully saturated rings. The SMILES string of the molecule is CCC(=Nc1ccc(CCCN(C)C)cc1)C1C(=O)Nc2cc(OC)c(OC)cc21. The lowest BCUT2D eigenvalue weighted by molar-refractivity contribution is -0.115. The molecule has 6 heteroatoms. The van der Waals surface area contributed by atoms with Crippen molar-refractivity contribution in [3.05, 3.63) is 47.5 Å². The van der Waals surface area contributed by atoms with E-state index in [-0.39, 0.29) is 5.91 Å². The molecule has 1 aliphatic heterocycles. The zero-order chi connectivity index (χ0) is 21.7. The number of hydrogen-bond acceptors (Lipinski definition) is 5. The third-order valence-corrected chi connectivity index (χ3v) is 5.36. The number of ether oxygens (including phenoxy) is 2. The van der Waals surface area contributed by atoms with E-state index in [2.05, 4.69) is 36.4 Å². The summed E-state index contributed by atoms with van der Waals surface area (Å²) in [5, 5.41) is 2.96. The van der Waals surface area contributed by atoms with Crippen LogP contribution in [0.4, 0.5) is 11.4 Å². The quantitative estimate of drug-likeness (QED) is 0.623. The van der Waals surface area contributed by atoms with E-state index in [9.17, 15) is 4.79 Å². The standard InChI is InChI=1S/C24H31N3O3/c1-6-19(25-17-11-9-16(10-12-17)8-7-13-27(2)3)23-18-14-21(29-4)22(30-5)15-20(18)26-24(23)28/h9-12,14-15,23H,6-8,13H2,1-5H3,(H,26,28). The molecule has 1 unspecified atom stereocenters. The molecule has 1 aliphatic rings. The summed E-state index contributed by atoms with van der Waals surface area (Å²) in [4.78, 5) is 19.8. The van der Waals surface area contributed by atoms with Gasteiger partial charge in [0.25, 0.3) is 0 Å². The van der Waals surface area contributed by atoms with Crippen LogP contribution in [0, 0.1) is 0 Å². The number of rotatable bonds is 9. The molecule has 1 heterocycles. The number of aliphatic imine (C=N–C) groups is 1. The maximum absolute atomic E-state index is 12.8. The first-order valence-electron chi connectivity index (χ1n) is 10.3. The molecular formula is C24H31N3O3. The molecule has 30 heavy (non-hydrogen) atoms. The lowest BCUT2D eigenvalue weighted by Crippen LogP contribution is -2.20. The Balaban J connectivity index is 1.84. The normalized spacial score (nSPS) is 15.9. The van der Waals surface area contributed by atoms with Crippen molar-refractivity contribution in [2.24, 2.45) is 4.99 Å². The molecule has 160 valence electrons. The topological polar surface area (TPSA) is 63.2 Å². The minimum Gasteiger partial charge on any atom is -0.493 e. The molecule has 1 N–H and O–H groups in total. The number of anilines is 1. The zero-order valence-corrected chi connectivity index (χ0v) is 18.5. The summed E-state index contributed by atoms with van der Waals surface area (Å²) in [6.45, 7) is 3.10. The second-order valence-corrected chi connectivity index (χ2v) is 7.75. The maximum atomic E-state index is 12.8. The fourth-order valence-electron chi connectivity index (χ4n) is 3.77. The van der Waals surface area contributed by atoms with Crippen molar-refractivity contribution in [1.29, 1.82) is 0 Å². The summed E-state index contributed by atoms with van der Waals surface area (Å²) in [5.74, 6) is 0.707. The van der Waals surface area contributed by atoms with E-state index in [4.69, 9.17) is 14.5 Å². The Morgan fingerprint density at radius 2 is 1.77 bits per heavy atom. The Kier molecular flexibility index (Phi) is 7.11. The first-order valence-corrected chi connectivity index (χ1v) is 10.3. The lowest BCUT2D eigenvalue weighted by Gasteiger charge is -2.14. The number of methoxy groups -OCH3 is 2. The average Bonchev–Trinajstić information content (AvgIpc) is 3.06. The smallest absolute Gasteiger partial charge is 0.237 e. The van der Waals surface area contributed by atoms with Gasteiger partial charge in [-0.2, -0.15) is 0 Å². The van der Waals surface area contributed by atoms with E-state index < -0.39 is 5.92 Å². The van der Waals surface area contributed by atoms with Crippen molar-refractivity contribution in [1.82, 2.24) is 4.90 Å². The van der Waals surface area contributed by atoms with Crippen molar-refractivity contribution in [3.8, 4) is 11.5 Å². The fourth-order valence-corrected chi connectivity index (χ4v) is 3.77. The molecule has 0 aromatic heterocycles. The van der Waals surface area contributed by atoms with Crippen molar-refractivity contribution in [2.75, 3.05) is 40.2 Å². The van der Waals surface area contributed by atoms with Gasteiger partial charge in [0.1, 0.15) is 5.92 Å². The maximum Gasteiger partial charge on any atom is 0.237 e. The van der Waals surface area contributed by atoms with Crippen LogP contribution in [0.15, 0.2) is 41.4 Å². The fraction of sp³-hybridized carbons (Fsp3) is 0.417. The minimum absolute atomic E-state index is 0.0683. The number of nitrogens with zero attached hydrogens (tertiary/aromatic N) is 2. The number of benzene rings is 2. The first-order chi connectivity index (χ1) is 14.5. The van der Waals surface area contributed by atoms with Crippen molar-refractivity contribution in [3.63, 3.8) is 0 Å². The highest BCUT2D eigenvalue weighted by atomic mass is 16.5. The van der Waals surface area contributed by atoms with E-state index in [0.717, 1.165) is 42.0 Å². The monoisotopic (exact) mass is 409 g/mol. The number of carbonyl (C=O) groups excluding carboxylic acids is 1. The average molecular weight is 410 g/mol. The summed E-state index contributed by atoms with van der Waals surface area (Å²) in [5.41, 5.74) is 4.62. The van der Waals surface area contributed by atoms with Gasteiger partial charge in [0.05, 0.1) is 19.9 Å². The Bertz CT molecular complexity index is 920. The van der Waals surface area contributed by atoms with Gasteiger partial charge in [-0.1, -0.05) is 19.1 Å². The number of carbonyl (C=O) groups is 1. The molecule has 6 nitrogen and oxygen atoms in total. The zero-order valence-electron chi connectivity index (χ0n) is 18.5. The van der Waals surface area contributed by atoms with Gasteiger partial charge in [0.15, 0.2) is 11.5 Å². The summed E-state index contributed by atoms with van der Waals surface area (Å²) in [7, 11) is 7.36. The largest absolute Gasteiger partial charge is 0.493 e. The van der Waals surface area contributed by atoms with Crippen molar-refractivity contribution < 1.29 is 14.3 Å². The molecule has 2 aromatic rings. The van der Waals surface area contributed by atoms with Crippen LogP contribution in [0.3, 0.4) is 0 Å². The van der Waals surface area contributed by atoms with Crippen LogP contribution in [0.2, 0.25) is 0 Å². The van der Waals surface area contributed by atoms with Gasteiger partial charge in [-0.05, 0) is 69.2 Å². The first kappa shape index (κ1) is 21.8. The van der Waals surface area contributed by atoms with Gasteiger partial charge < -0.3 is 19.7 Å². The van der Waals surface area contributed by atoms with E-state index >= 15 is 0 Å². The van der Waals surface area contributed by atoms with Crippen molar-refractivity contribution in [2.45, 2.75) is 32.1 Å². The van der Waals surface area contributed by atoms with E-state index in [1.165, 1.54) is 5.56 Å². The summed E-state index contributed by atoms with van der Waals surface area (Å²) in [6.07, 6.45) is 2.85. The van der Waals surface area contributed by atoms with Crippen molar-refractivity contribution >= 4 is 23.0 Å². The minimum atomic E-state index is -0.426. The van der Waals surface area contributed by atoms with Gasteiger partial charge in [-0.3, -0.25) is 9.79 Å². The Morgan fingerprint density at radius 1 is 1.10 bits per heavy atom. The number of aryl methyl sites for hydroxylation is 1. The highest BCUT2D eigenvalue weighted by Gasteiger charge is 2.35. The molecular weight excluding hydrogens is 378 g/mol. The number of hydrogen-bond donors (Lipinski definition) is 1. The van der Waals surface area contributed by atoms with Crippen LogP contribution < -0.4 is 14.8 Å². The third-order valence-electron chi connectivity index (χ3n) is 5.36. The van der Waals surface area contributed by atoms with Crippen LogP contribution >= 0.6 is 0 Å². The number of amides is 1. The lowest BCUT2D eigenvalue weighted by atomic mass is 9.93. The Morgan fingerprint density at radius 3 is 2.37 bits per heavy atom. The molecule has 1 amide bonds. The second kappa shape index (κ2) is 9.76. The predicted molar refractivity (Wildman–Crippen MR) is 122 cm³/mol.